The first-order chi connectivity index (χ1) is 14.1. The van der Waals surface area contributed by atoms with Crippen LogP contribution in [0.4, 0.5) is 4.79 Å². The van der Waals surface area contributed by atoms with Gasteiger partial charge in [-0.1, -0.05) is 62.4 Å². The van der Waals surface area contributed by atoms with Gasteiger partial charge in [0.25, 0.3) is 0 Å². The summed E-state index contributed by atoms with van der Waals surface area (Å²) in [5.74, 6) is 0.475. The molecular weight excluding hydrogens is 356 g/mol. The fraction of sp³-hybridized carbons (Fsp3) is 0.500. The van der Waals surface area contributed by atoms with Gasteiger partial charge in [-0.3, -0.25) is 0 Å². The second kappa shape index (κ2) is 7.19. The summed E-state index contributed by atoms with van der Waals surface area (Å²) in [5.41, 5.74) is 5.68. The second-order valence-corrected chi connectivity index (χ2v) is 9.49. The van der Waals surface area contributed by atoms with Crippen LogP contribution >= 0.6 is 0 Å². The molecule has 0 N–H and O–H groups in total. The van der Waals surface area contributed by atoms with Crippen LogP contribution in [0.5, 0.6) is 0 Å². The highest BCUT2D eigenvalue weighted by Gasteiger charge is 2.50. The zero-order valence-electron chi connectivity index (χ0n) is 17.7. The maximum absolute atomic E-state index is 13.3. The highest BCUT2D eigenvalue weighted by Crippen LogP contribution is 2.49. The molecule has 3 aliphatic rings. The Balaban J connectivity index is 1.47. The SMILES string of the molecule is C[C@@H]1[C@H]2Cc3ccc(-c4ccccc4)cc3[C@]1(C)CCN2C(=O)N1CCCCC1. The first kappa shape index (κ1) is 18.7. The Labute approximate surface area is 174 Å². The maximum Gasteiger partial charge on any atom is 0.320 e. The lowest BCUT2D eigenvalue weighted by Gasteiger charge is -2.55. The van der Waals surface area contributed by atoms with E-state index in [2.05, 4.69) is 72.2 Å². The number of piperidine rings is 2. The summed E-state index contributed by atoms with van der Waals surface area (Å²) in [6.45, 7) is 7.56. The monoisotopic (exact) mass is 388 g/mol. The number of rotatable bonds is 1. The van der Waals surface area contributed by atoms with E-state index in [-0.39, 0.29) is 11.4 Å². The fourth-order valence-corrected chi connectivity index (χ4v) is 5.93. The maximum atomic E-state index is 13.3. The molecule has 3 nitrogen and oxygen atoms in total. The smallest absolute Gasteiger partial charge is 0.320 e. The van der Waals surface area contributed by atoms with E-state index in [1.54, 1.807) is 0 Å². The van der Waals surface area contributed by atoms with Gasteiger partial charge in [0, 0.05) is 25.7 Å². The predicted molar refractivity (Wildman–Crippen MR) is 118 cm³/mol. The van der Waals surface area contributed by atoms with Crippen molar-refractivity contribution >= 4 is 6.03 Å². The Morgan fingerprint density at radius 2 is 1.72 bits per heavy atom. The van der Waals surface area contributed by atoms with E-state index in [4.69, 9.17) is 0 Å². The van der Waals surface area contributed by atoms with Gasteiger partial charge in [0.15, 0.2) is 0 Å². The van der Waals surface area contributed by atoms with Crippen molar-refractivity contribution in [3.63, 3.8) is 0 Å². The molecule has 2 saturated heterocycles. The Kier molecular flexibility index (Phi) is 4.64. The van der Waals surface area contributed by atoms with Crippen molar-refractivity contribution in [2.75, 3.05) is 19.6 Å². The third-order valence-electron chi connectivity index (χ3n) is 7.99. The number of urea groups is 1. The van der Waals surface area contributed by atoms with Crippen LogP contribution < -0.4 is 0 Å². The Morgan fingerprint density at radius 1 is 0.966 bits per heavy atom. The molecule has 2 heterocycles. The molecule has 0 radical (unpaired) electrons. The fourth-order valence-electron chi connectivity index (χ4n) is 5.93. The van der Waals surface area contributed by atoms with Crippen LogP contribution in [0.15, 0.2) is 48.5 Å². The number of carbonyl (C=O) groups excluding carboxylic acids is 1. The lowest BCUT2D eigenvalue weighted by Crippen LogP contribution is -2.62. The highest BCUT2D eigenvalue weighted by atomic mass is 16.2. The third-order valence-corrected chi connectivity index (χ3v) is 7.99. The van der Waals surface area contributed by atoms with Gasteiger partial charge < -0.3 is 9.80 Å². The molecule has 2 bridgehead atoms. The van der Waals surface area contributed by atoms with Gasteiger partial charge in [0.05, 0.1) is 0 Å². The van der Waals surface area contributed by atoms with Crippen molar-refractivity contribution in [3.05, 3.63) is 59.7 Å². The van der Waals surface area contributed by atoms with Gasteiger partial charge in [0.2, 0.25) is 0 Å². The summed E-state index contributed by atoms with van der Waals surface area (Å²) in [4.78, 5) is 17.6. The first-order valence-electron chi connectivity index (χ1n) is 11.3. The molecule has 0 aromatic heterocycles. The normalized spacial score (nSPS) is 28.8. The lowest BCUT2D eigenvalue weighted by atomic mass is 9.59. The summed E-state index contributed by atoms with van der Waals surface area (Å²) >= 11 is 0. The highest BCUT2D eigenvalue weighted by molar-refractivity contribution is 5.75. The number of nitrogens with zero attached hydrogens (tertiary/aromatic N) is 2. The number of likely N-dealkylation sites (tertiary alicyclic amines) is 2. The van der Waals surface area contributed by atoms with Crippen molar-refractivity contribution in [1.29, 1.82) is 0 Å². The Hall–Kier alpha value is -2.29. The predicted octanol–water partition coefficient (Wildman–Crippen LogP) is 5.48. The number of carbonyl (C=O) groups is 1. The van der Waals surface area contributed by atoms with Crippen LogP contribution in [0.3, 0.4) is 0 Å². The van der Waals surface area contributed by atoms with E-state index in [1.165, 1.54) is 28.7 Å². The van der Waals surface area contributed by atoms with Crippen LogP contribution in [0.2, 0.25) is 0 Å². The van der Waals surface area contributed by atoms with Gasteiger partial charge in [-0.25, -0.2) is 4.79 Å². The van der Waals surface area contributed by atoms with Crippen LogP contribution in [-0.4, -0.2) is 41.5 Å². The number of benzene rings is 2. The van der Waals surface area contributed by atoms with E-state index >= 15 is 0 Å². The third kappa shape index (κ3) is 3.06. The van der Waals surface area contributed by atoms with Crippen molar-refractivity contribution in [3.8, 4) is 11.1 Å². The van der Waals surface area contributed by atoms with E-state index in [0.717, 1.165) is 45.3 Å². The minimum Gasteiger partial charge on any atom is -0.325 e. The average Bonchev–Trinajstić information content (AvgIpc) is 2.77. The molecular formula is C26H32N2O. The molecule has 3 heteroatoms. The van der Waals surface area contributed by atoms with Crippen molar-refractivity contribution in [2.24, 2.45) is 5.92 Å². The molecule has 2 aromatic rings. The van der Waals surface area contributed by atoms with E-state index < -0.39 is 0 Å². The largest absolute Gasteiger partial charge is 0.325 e. The lowest BCUT2D eigenvalue weighted by molar-refractivity contribution is 0.0386. The van der Waals surface area contributed by atoms with Crippen molar-refractivity contribution in [2.45, 2.75) is 57.4 Å². The number of amides is 2. The summed E-state index contributed by atoms with van der Waals surface area (Å²) in [5, 5.41) is 0. The topological polar surface area (TPSA) is 23.6 Å². The summed E-state index contributed by atoms with van der Waals surface area (Å²) in [6.07, 6.45) is 5.61. The quantitative estimate of drug-likeness (QED) is 0.634. The molecule has 0 spiro atoms. The summed E-state index contributed by atoms with van der Waals surface area (Å²) in [7, 11) is 0. The Morgan fingerprint density at radius 3 is 2.48 bits per heavy atom. The van der Waals surface area contributed by atoms with Gasteiger partial charge in [0.1, 0.15) is 0 Å². The molecule has 2 aromatic carbocycles. The second-order valence-electron chi connectivity index (χ2n) is 9.49. The molecule has 29 heavy (non-hydrogen) atoms. The number of hydrogen-bond donors (Lipinski definition) is 0. The van der Waals surface area contributed by atoms with Crippen LogP contribution in [0.1, 0.15) is 50.7 Å². The van der Waals surface area contributed by atoms with Crippen LogP contribution in [0.25, 0.3) is 11.1 Å². The van der Waals surface area contributed by atoms with Crippen LogP contribution in [0, 0.1) is 5.92 Å². The molecule has 2 amide bonds. The minimum absolute atomic E-state index is 0.141. The van der Waals surface area contributed by atoms with Gasteiger partial charge in [-0.15, -0.1) is 0 Å². The molecule has 152 valence electrons. The molecule has 3 atom stereocenters. The number of hydrogen-bond acceptors (Lipinski definition) is 1. The van der Waals surface area contributed by atoms with Crippen molar-refractivity contribution < 1.29 is 4.79 Å². The molecule has 5 rings (SSSR count). The molecule has 0 saturated carbocycles. The molecule has 1 aliphatic carbocycles. The Bertz CT molecular complexity index is 902. The van der Waals surface area contributed by atoms with E-state index in [0.29, 0.717) is 12.0 Å². The molecule has 0 unspecified atom stereocenters. The molecule has 2 aliphatic heterocycles. The van der Waals surface area contributed by atoms with Gasteiger partial charge >= 0.3 is 6.03 Å². The molecule has 2 fully saturated rings. The van der Waals surface area contributed by atoms with Crippen molar-refractivity contribution in [1.82, 2.24) is 9.80 Å². The van der Waals surface area contributed by atoms with E-state index in [1.807, 2.05) is 0 Å². The number of fused-ring (bicyclic) bond motifs is 4. The summed E-state index contributed by atoms with van der Waals surface area (Å²) in [6, 6.07) is 18.3. The standard InChI is InChI=1S/C26H32N2O/c1-19-24-18-22-12-11-21(20-9-5-3-6-10-20)17-23(22)26(19,2)13-16-28(24)25(29)27-14-7-4-8-15-27/h3,5-6,9-12,17,19,24H,4,7-8,13-16,18H2,1-2H3/t19-,24-,26-/m1/s1. The van der Waals surface area contributed by atoms with E-state index in [9.17, 15) is 4.79 Å². The van der Waals surface area contributed by atoms with Gasteiger partial charge in [-0.2, -0.15) is 0 Å². The first-order valence-corrected chi connectivity index (χ1v) is 11.3. The minimum atomic E-state index is 0.141. The zero-order valence-corrected chi connectivity index (χ0v) is 17.7. The van der Waals surface area contributed by atoms with Gasteiger partial charge in [-0.05, 0) is 65.7 Å². The zero-order chi connectivity index (χ0) is 20.0. The summed E-state index contributed by atoms with van der Waals surface area (Å²) < 4.78 is 0. The average molecular weight is 389 g/mol. The van der Waals surface area contributed by atoms with Crippen LogP contribution in [-0.2, 0) is 11.8 Å².